The van der Waals surface area contributed by atoms with Crippen molar-refractivity contribution in [2.45, 2.75) is 52.7 Å². The number of hydrogen-bond acceptors (Lipinski definition) is 6. The molecule has 0 amide bonds. The zero-order chi connectivity index (χ0) is 25.7. The van der Waals surface area contributed by atoms with Gasteiger partial charge in [-0.3, -0.25) is 4.90 Å². The highest BCUT2D eigenvalue weighted by atomic mass is 16.5. The van der Waals surface area contributed by atoms with Gasteiger partial charge in [0.25, 0.3) is 0 Å². The summed E-state index contributed by atoms with van der Waals surface area (Å²) >= 11 is 0. The molecule has 6 nitrogen and oxygen atoms in total. The third-order valence-corrected chi connectivity index (χ3v) is 6.70. The van der Waals surface area contributed by atoms with E-state index in [9.17, 15) is 5.11 Å². The Labute approximate surface area is 216 Å². The number of anilines is 1. The van der Waals surface area contributed by atoms with Crippen molar-refractivity contribution in [3.63, 3.8) is 0 Å². The number of aliphatic hydroxyl groups is 1. The van der Waals surface area contributed by atoms with Gasteiger partial charge in [0.15, 0.2) is 5.82 Å². The van der Waals surface area contributed by atoms with E-state index in [4.69, 9.17) is 14.7 Å². The van der Waals surface area contributed by atoms with Crippen LogP contribution in [0.25, 0.3) is 11.4 Å². The molecule has 1 aliphatic heterocycles. The van der Waals surface area contributed by atoms with Crippen molar-refractivity contribution in [2.75, 3.05) is 44.2 Å². The normalized spacial score (nSPS) is 15.8. The second-order valence-electron chi connectivity index (χ2n) is 10.8. The molecule has 192 valence electrons. The standard InChI is InChI=1S/C30H40N4O2/c1-22-11-9-10-14-25(22)19-27-23(2)31-28(24-12-7-6-8-13-24)32-29(27)34-17-15-33(16-18-34)20-26(35)21-36-30(3,4)5/h6-14,26,35H,15-21H2,1-5H3/t26-/m0/s1. The molecule has 1 fully saturated rings. The summed E-state index contributed by atoms with van der Waals surface area (Å²) in [5.74, 6) is 1.80. The first kappa shape index (κ1) is 26.3. The number of aromatic nitrogens is 2. The summed E-state index contributed by atoms with van der Waals surface area (Å²) in [6.07, 6.45) is 0.324. The lowest BCUT2D eigenvalue weighted by Crippen LogP contribution is -2.50. The molecular formula is C30H40N4O2. The van der Waals surface area contributed by atoms with Gasteiger partial charge in [0.1, 0.15) is 5.82 Å². The number of aryl methyl sites for hydroxylation is 2. The minimum absolute atomic E-state index is 0.242. The van der Waals surface area contributed by atoms with E-state index in [0.29, 0.717) is 13.2 Å². The molecule has 1 aliphatic rings. The largest absolute Gasteiger partial charge is 0.389 e. The summed E-state index contributed by atoms with van der Waals surface area (Å²) in [5, 5.41) is 10.5. The average Bonchev–Trinajstić information content (AvgIpc) is 2.86. The topological polar surface area (TPSA) is 61.7 Å². The molecule has 0 aliphatic carbocycles. The first-order valence-corrected chi connectivity index (χ1v) is 13.0. The van der Waals surface area contributed by atoms with Crippen molar-refractivity contribution >= 4 is 5.82 Å². The maximum Gasteiger partial charge on any atom is 0.161 e. The van der Waals surface area contributed by atoms with Crippen LogP contribution in [0.4, 0.5) is 5.82 Å². The fourth-order valence-electron chi connectivity index (χ4n) is 4.60. The predicted octanol–water partition coefficient (Wildman–Crippen LogP) is 4.65. The number of β-amino-alcohol motifs (C(OH)–C–C–N with tert-alkyl or cyclic N) is 1. The Morgan fingerprint density at radius 3 is 2.25 bits per heavy atom. The van der Waals surface area contributed by atoms with E-state index >= 15 is 0 Å². The van der Waals surface area contributed by atoms with Crippen molar-refractivity contribution in [3.8, 4) is 11.4 Å². The number of piperazine rings is 1. The van der Waals surface area contributed by atoms with Crippen molar-refractivity contribution in [3.05, 3.63) is 77.0 Å². The van der Waals surface area contributed by atoms with Crippen LogP contribution in [0.15, 0.2) is 54.6 Å². The molecule has 2 aromatic carbocycles. The maximum atomic E-state index is 10.5. The van der Waals surface area contributed by atoms with Crippen LogP contribution in [-0.4, -0.2) is 71.0 Å². The van der Waals surface area contributed by atoms with Crippen molar-refractivity contribution < 1.29 is 9.84 Å². The Morgan fingerprint density at radius 1 is 0.917 bits per heavy atom. The third-order valence-electron chi connectivity index (χ3n) is 6.70. The van der Waals surface area contributed by atoms with Crippen LogP contribution in [-0.2, 0) is 11.2 Å². The zero-order valence-corrected chi connectivity index (χ0v) is 22.4. The Hall–Kier alpha value is -2.80. The van der Waals surface area contributed by atoms with Gasteiger partial charge in [0, 0.05) is 56.0 Å². The number of ether oxygens (including phenoxy) is 1. The molecule has 0 unspecified atom stereocenters. The second-order valence-corrected chi connectivity index (χ2v) is 10.8. The number of benzene rings is 2. The molecule has 0 bridgehead atoms. The molecule has 4 rings (SSSR count). The predicted molar refractivity (Wildman–Crippen MR) is 147 cm³/mol. The third kappa shape index (κ3) is 6.90. The van der Waals surface area contributed by atoms with Gasteiger partial charge in [0.05, 0.1) is 18.3 Å². The molecule has 6 heteroatoms. The van der Waals surface area contributed by atoms with E-state index in [0.717, 1.165) is 55.5 Å². The van der Waals surface area contributed by atoms with Crippen LogP contribution in [0.2, 0.25) is 0 Å². The van der Waals surface area contributed by atoms with Crippen LogP contribution >= 0.6 is 0 Å². The van der Waals surface area contributed by atoms with Crippen LogP contribution in [0.3, 0.4) is 0 Å². The fraction of sp³-hybridized carbons (Fsp3) is 0.467. The maximum absolute atomic E-state index is 10.5. The molecule has 0 spiro atoms. The van der Waals surface area contributed by atoms with Crippen LogP contribution in [0.1, 0.15) is 43.2 Å². The summed E-state index contributed by atoms with van der Waals surface area (Å²) < 4.78 is 5.77. The lowest BCUT2D eigenvalue weighted by Gasteiger charge is -2.37. The summed E-state index contributed by atoms with van der Waals surface area (Å²) in [5.41, 5.74) is 5.60. The Kier molecular flexibility index (Phi) is 8.39. The van der Waals surface area contributed by atoms with E-state index in [-0.39, 0.29) is 5.60 Å². The molecule has 2 heterocycles. The van der Waals surface area contributed by atoms with Gasteiger partial charge in [-0.1, -0.05) is 54.6 Å². The average molecular weight is 489 g/mol. The summed E-state index contributed by atoms with van der Waals surface area (Å²) in [4.78, 5) is 14.8. The number of hydrogen-bond donors (Lipinski definition) is 1. The SMILES string of the molecule is Cc1ccccc1Cc1c(C)nc(-c2ccccc2)nc1N1CCN(C[C@H](O)COC(C)(C)C)CC1. The highest BCUT2D eigenvalue weighted by molar-refractivity contribution is 5.61. The van der Waals surface area contributed by atoms with Gasteiger partial charge < -0.3 is 14.7 Å². The van der Waals surface area contributed by atoms with Crippen molar-refractivity contribution in [1.29, 1.82) is 0 Å². The number of rotatable bonds is 8. The highest BCUT2D eigenvalue weighted by Crippen LogP contribution is 2.29. The minimum Gasteiger partial charge on any atom is -0.389 e. The van der Waals surface area contributed by atoms with Gasteiger partial charge in [-0.05, 0) is 45.7 Å². The Balaban J connectivity index is 1.54. The van der Waals surface area contributed by atoms with Crippen LogP contribution in [0.5, 0.6) is 0 Å². The van der Waals surface area contributed by atoms with E-state index < -0.39 is 6.10 Å². The van der Waals surface area contributed by atoms with Crippen molar-refractivity contribution in [2.24, 2.45) is 0 Å². The molecule has 3 aromatic rings. The van der Waals surface area contributed by atoms with Gasteiger partial charge in [-0.15, -0.1) is 0 Å². The molecular weight excluding hydrogens is 448 g/mol. The molecule has 0 saturated carbocycles. The molecule has 1 aromatic heterocycles. The number of aliphatic hydroxyl groups excluding tert-OH is 1. The quantitative estimate of drug-likeness (QED) is 0.498. The van der Waals surface area contributed by atoms with Crippen LogP contribution < -0.4 is 4.90 Å². The lowest BCUT2D eigenvalue weighted by molar-refractivity contribution is -0.0563. The highest BCUT2D eigenvalue weighted by Gasteiger charge is 2.25. The number of nitrogens with zero attached hydrogens (tertiary/aromatic N) is 4. The molecule has 1 N–H and O–H groups in total. The first-order valence-electron chi connectivity index (χ1n) is 13.0. The van der Waals surface area contributed by atoms with E-state index in [1.165, 1.54) is 16.7 Å². The molecule has 0 radical (unpaired) electrons. The van der Waals surface area contributed by atoms with Crippen molar-refractivity contribution in [1.82, 2.24) is 14.9 Å². The fourth-order valence-corrected chi connectivity index (χ4v) is 4.60. The molecule has 1 saturated heterocycles. The van der Waals surface area contributed by atoms with E-state index in [1.54, 1.807) is 0 Å². The van der Waals surface area contributed by atoms with Gasteiger partial charge in [-0.25, -0.2) is 9.97 Å². The summed E-state index contributed by atoms with van der Waals surface area (Å²) in [6.45, 7) is 14.8. The Bertz CT molecular complexity index is 1140. The smallest absolute Gasteiger partial charge is 0.161 e. The molecule has 36 heavy (non-hydrogen) atoms. The monoisotopic (exact) mass is 488 g/mol. The van der Waals surface area contributed by atoms with Gasteiger partial charge >= 0.3 is 0 Å². The van der Waals surface area contributed by atoms with Gasteiger partial charge in [-0.2, -0.15) is 0 Å². The summed E-state index contributed by atoms with van der Waals surface area (Å²) in [6, 6.07) is 18.8. The molecule has 1 atom stereocenters. The van der Waals surface area contributed by atoms with E-state index in [2.05, 4.69) is 60.0 Å². The lowest BCUT2D eigenvalue weighted by atomic mass is 9.99. The zero-order valence-electron chi connectivity index (χ0n) is 22.4. The first-order chi connectivity index (χ1) is 17.2. The second kappa shape index (κ2) is 11.5. The summed E-state index contributed by atoms with van der Waals surface area (Å²) in [7, 11) is 0. The van der Waals surface area contributed by atoms with E-state index in [1.807, 2.05) is 39.0 Å². The Morgan fingerprint density at radius 2 is 1.58 bits per heavy atom. The van der Waals surface area contributed by atoms with Crippen LogP contribution in [0, 0.1) is 13.8 Å². The van der Waals surface area contributed by atoms with Gasteiger partial charge in [0.2, 0.25) is 0 Å². The minimum atomic E-state index is -0.488.